The van der Waals surface area contributed by atoms with E-state index in [0.717, 1.165) is 11.1 Å². The largest absolute Gasteiger partial charge is 0.378 e. The quantitative estimate of drug-likeness (QED) is 0.678. The Morgan fingerprint density at radius 1 is 0.647 bits per heavy atom. The maximum absolute atomic E-state index is 12.9. The van der Waals surface area contributed by atoms with Crippen molar-refractivity contribution in [2.24, 2.45) is 0 Å². The highest BCUT2D eigenvalue weighted by atomic mass is 16.3. The van der Waals surface area contributed by atoms with Gasteiger partial charge in [-0.3, -0.25) is 9.59 Å². The highest BCUT2D eigenvalue weighted by Crippen LogP contribution is 2.14. The van der Waals surface area contributed by atoms with Crippen molar-refractivity contribution in [2.45, 2.75) is 38.9 Å². The zero-order valence-electron chi connectivity index (χ0n) is 20.1. The first-order chi connectivity index (χ1) is 15.9. The fourth-order valence-electron chi connectivity index (χ4n) is 3.32. The van der Waals surface area contributed by atoms with Crippen LogP contribution in [-0.4, -0.2) is 69.2 Å². The molecule has 2 aromatic carbocycles. The summed E-state index contributed by atoms with van der Waals surface area (Å²) in [5, 5.41) is 19.4. The van der Waals surface area contributed by atoms with Crippen molar-refractivity contribution in [1.29, 1.82) is 0 Å². The number of nitrogens with zero attached hydrogens (tertiary/aromatic N) is 2. The highest BCUT2D eigenvalue weighted by Gasteiger charge is 2.25. The van der Waals surface area contributed by atoms with Crippen LogP contribution in [0.4, 0.5) is 0 Å². The second-order valence-corrected chi connectivity index (χ2v) is 9.36. The Hall–Kier alpha value is -3.58. The Labute approximate surface area is 201 Å². The topological polar surface area (TPSA) is 81.1 Å². The summed E-state index contributed by atoms with van der Waals surface area (Å²) < 4.78 is 0. The first-order valence-electron chi connectivity index (χ1n) is 11.2. The number of carbonyl (C=O) groups excluding carboxylic acids is 2. The number of amides is 2. The third kappa shape index (κ3) is 7.22. The smallest absolute Gasteiger partial charge is 0.253 e. The molecular weight excluding hydrogens is 428 g/mol. The number of carbonyl (C=O) groups is 2. The van der Waals surface area contributed by atoms with Crippen LogP contribution in [0.2, 0.25) is 0 Å². The van der Waals surface area contributed by atoms with Gasteiger partial charge in [0.1, 0.15) is 11.2 Å². The summed E-state index contributed by atoms with van der Waals surface area (Å²) in [5.74, 6) is 11.1. The second kappa shape index (κ2) is 10.1. The summed E-state index contributed by atoms with van der Waals surface area (Å²) >= 11 is 0. The van der Waals surface area contributed by atoms with Crippen molar-refractivity contribution in [3.05, 3.63) is 70.8 Å². The van der Waals surface area contributed by atoms with Gasteiger partial charge in [0, 0.05) is 48.4 Å². The molecule has 0 aromatic heterocycles. The normalized spacial score (nSPS) is 13.9. The van der Waals surface area contributed by atoms with Crippen molar-refractivity contribution < 1.29 is 19.8 Å². The maximum atomic E-state index is 12.9. The van der Waals surface area contributed by atoms with Gasteiger partial charge in [-0.25, -0.2) is 0 Å². The van der Waals surface area contributed by atoms with Gasteiger partial charge in [0.05, 0.1) is 0 Å². The molecule has 1 fully saturated rings. The van der Waals surface area contributed by atoms with Crippen LogP contribution in [0, 0.1) is 23.7 Å². The Morgan fingerprint density at radius 3 is 1.21 bits per heavy atom. The van der Waals surface area contributed by atoms with Gasteiger partial charge in [-0.15, -0.1) is 0 Å². The van der Waals surface area contributed by atoms with E-state index in [9.17, 15) is 19.8 Å². The monoisotopic (exact) mass is 458 g/mol. The van der Waals surface area contributed by atoms with Gasteiger partial charge in [-0.05, 0) is 76.2 Å². The average molecular weight is 459 g/mol. The van der Waals surface area contributed by atoms with Crippen LogP contribution in [0.15, 0.2) is 48.5 Å². The third-order valence-corrected chi connectivity index (χ3v) is 5.14. The van der Waals surface area contributed by atoms with Gasteiger partial charge >= 0.3 is 0 Å². The van der Waals surface area contributed by atoms with Crippen LogP contribution in [0.5, 0.6) is 0 Å². The number of piperazine rings is 1. The van der Waals surface area contributed by atoms with Crippen LogP contribution < -0.4 is 0 Å². The van der Waals surface area contributed by atoms with Crippen LogP contribution in [0.1, 0.15) is 59.5 Å². The molecule has 6 nitrogen and oxygen atoms in total. The first-order valence-corrected chi connectivity index (χ1v) is 11.2. The number of hydrogen-bond acceptors (Lipinski definition) is 4. The molecule has 34 heavy (non-hydrogen) atoms. The Kier molecular flexibility index (Phi) is 7.47. The minimum atomic E-state index is -1.07. The third-order valence-electron chi connectivity index (χ3n) is 5.14. The molecule has 2 aromatic rings. The van der Waals surface area contributed by atoms with E-state index in [-0.39, 0.29) is 11.8 Å². The molecule has 1 aliphatic rings. The molecular formula is C28H30N2O4. The minimum absolute atomic E-state index is 0.0798. The Morgan fingerprint density at radius 2 is 0.941 bits per heavy atom. The van der Waals surface area contributed by atoms with E-state index in [4.69, 9.17) is 0 Å². The van der Waals surface area contributed by atoms with Gasteiger partial charge in [0.2, 0.25) is 0 Å². The van der Waals surface area contributed by atoms with Crippen LogP contribution in [0.25, 0.3) is 0 Å². The van der Waals surface area contributed by atoms with Gasteiger partial charge in [0.25, 0.3) is 11.8 Å². The molecule has 1 saturated heterocycles. The number of benzene rings is 2. The lowest BCUT2D eigenvalue weighted by atomic mass is 10.1. The van der Waals surface area contributed by atoms with Crippen molar-refractivity contribution in [1.82, 2.24) is 9.80 Å². The van der Waals surface area contributed by atoms with Gasteiger partial charge in [-0.2, -0.15) is 0 Å². The standard InChI is InChI=1S/C28H30N2O4/c1-27(2,33)15-13-21-5-9-23(10-6-21)25(31)29-17-19-30(20-18-29)26(32)24-11-7-22(8-12-24)14-16-28(3,4)34/h5-12,33-34H,17-20H2,1-4H3. The van der Waals surface area contributed by atoms with Crippen molar-refractivity contribution in [3.63, 3.8) is 0 Å². The van der Waals surface area contributed by atoms with Crippen molar-refractivity contribution >= 4 is 11.8 Å². The van der Waals surface area contributed by atoms with Gasteiger partial charge in [0.15, 0.2) is 0 Å². The Balaban J connectivity index is 1.57. The summed E-state index contributed by atoms with van der Waals surface area (Å²) in [6.45, 7) is 8.30. The number of rotatable bonds is 2. The molecule has 0 saturated carbocycles. The molecule has 0 atom stereocenters. The highest BCUT2D eigenvalue weighted by molar-refractivity contribution is 5.96. The molecule has 6 heteroatoms. The molecule has 176 valence electrons. The predicted octanol–water partition coefficient (Wildman–Crippen LogP) is 2.53. The summed E-state index contributed by atoms with van der Waals surface area (Å²) in [4.78, 5) is 29.2. The van der Waals surface area contributed by atoms with E-state index in [1.165, 1.54) is 0 Å². The molecule has 0 aliphatic carbocycles. The van der Waals surface area contributed by atoms with Crippen molar-refractivity contribution in [2.75, 3.05) is 26.2 Å². The van der Waals surface area contributed by atoms with E-state index in [0.29, 0.717) is 37.3 Å². The lowest BCUT2D eigenvalue weighted by Crippen LogP contribution is -2.50. The predicted molar refractivity (Wildman–Crippen MR) is 131 cm³/mol. The van der Waals surface area contributed by atoms with E-state index >= 15 is 0 Å². The number of aliphatic hydroxyl groups is 2. The van der Waals surface area contributed by atoms with E-state index in [1.54, 1.807) is 86.0 Å². The molecule has 0 radical (unpaired) electrons. The summed E-state index contributed by atoms with van der Waals surface area (Å²) in [7, 11) is 0. The van der Waals surface area contributed by atoms with E-state index < -0.39 is 11.2 Å². The average Bonchev–Trinajstić information content (AvgIpc) is 2.80. The molecule has 2 N–H and O–H groups in total. The first kappa shape index (κ1) is 25.1. The molecule has 0 unspecified atom stereocenters. The fraction of sp³-hybridized carbons (Fsp3) is 0.357. The zero-order chi connectivity index (χ0) is 24.9. The Bertz CT molecular complexity index is 1060. The van der Waals surface area contributed by atoms with Crippen molar-refractivity contribution in [3.8, 4) is 23.7 Å². The second-order valence-electron chi connectivity index (χ2n) is 9.36. The van der Waals surface area contributed by atoms with Gasteiger partial charge in [-0.1, -0.05) is 23.7 Å². The molecule has 3 rings (SSSR count). The minimum Gasteiger partial charge on any atom is -0.378 e. The van der Waals surface area contributed by atoms with Gasteiger partial charge < -0.3 is 20.0 Å². The SMILES string of the molecule is CC(C)(O)C#Cc1ccc(C(=O)N2CCN(C(=O)c3ccc(C#CC(C)(C)O)cc3)CC2)cc1. The van der Waals surface area contributed by atoms with Crippen LogP contribution in [0.3, 0.4) is 0 Å². The molecule has 1 aliphatic heterocycles. The summed E-state index contributed by atoms with van der Waals surface area (Å²) in [5.41, 5.74) is 0.447. The van der Waals surface area contributed by atoms with Crippen LogP contribution >= 0.6 is 0 Å². The maximum Gasteiger partial charge on any atom is 0.253 e. The zero-order valence-corrected chi connectivity index (χ0v) is 20.1. The molecule has 1 heterocycles. The summed E-state index contributed by atoms with van der Waals surface area (Å²) in [6, 6.07) is 14.0. The molecule has 2 amide bonds. The lowest BCUT2D eigenvalue weighted by Gasteiger charge is -2.35. The molecule has 0 spiro atoms. The number of hydrogen-bond donors (Lipinski definition) is 2. The van der Waals surface area contributed by atoms with E-state index in [2.05, 4.69) is 23.7 Å². The van der Waals surface area contributed by atoms with Crippen LogP contribution in [-0.2, 0) is 0 Å². The fourth-order valence-corrected chi connectivity index (χ4v) is 3.32. The summed E-state index contributed by atoms with van der Waals surface area (Å²) in [6.07, 6.45) is 0. The lowest BCUT2D eigenvalue weighted by molar-refractivity contribution is 0.0535. The van der Waals surface area contributed by atoms with E-state index in [1.807, 2.05) is 0 Å². The molecule has 0 bridgehead atoms.